The Kier molecular flexibility index (Phi) is 7.39. The number of amides is 1. The topological polar surface area (TPSA) is 76.5 Å². The fourth-order valence-corrected chi connectivity index (χ4v) is 3.89. The van der Waals surface area contributed by atoms with Crippen LogP contribution < -0.4 is 10.9 Å². The van der Waals surface area contributed by atoms with E-state index in [1.807, 2.05) is 19.1 Å². The summed E-state index contributed by atoms with van der Waals surface area (Å²) in [5.74, 6) is 0.522. The predicted molar refractivity (Wildman–Crippen MR) is 114 cm³/mol. The Morgan fingerprint density at radius 3 is 2.76 bits per heavy atom. The van der Waals surface area contributed by atoms with Crippen molar-refractivity contribution in [1.29, 1.82) is 0 Å². The first-order chi connectivity index (χ1) is 14.0. The number of fused-ring (bicyclic) bond motifs is 1. The monoisotopic (exact) mass is 400 g/mol. The van der Waals surface area contributed by atoms with Crippen molar-refractivity contribution in [3.05, 3.63) is 40.4 Å². The molecule has 0 bridgehead atoms. The van der Waals surface area contributed by atoms with Gasteiger partial charge in [0.25, 0.3) is 5.56 Å². The van der Waals surface area contributed by atoms with Crippen LogP contribution in [0, 0.1) is 12.8 Å². The summed E-state index contributed by atoms with van der Waals surface area (Å²) in [5, 5.41) is 3.66. The van der Waals surface area contributed by atoms with E-state index in [1.165, 1.54) is 4.57 Å². The molecule has 1 saturated heterocycles. The van der Waals surface area contributed by atoms with Gasteiger partial charge in [0.15, 0.2) is 0 Å². The largest absolute Gasteiger partial charge is 0.379 e. The maximum Gasteiger partial charge on any atom is 0.261 e. The third kappa shape index (κ3) is 5.64. The first-order valence-electron chi connectivity index (χ1n) is 10.5. The molecule has 0 aliphatic carbocycles. The second kappa shape index (κ2) is 9.98. The molecule has 1 atom stereocenters. The van der Waals surface area contributed by atoms with Crippen LogP contribution in [0.4, 0.5) is 0 Å². The van der Waals surface area contributed by atoms with Crippen molar-refractivity contribution in [3.8, 4) is 0 Å². The van der Waals surface area contributed by atoms with Gasteiger partial charge in [-0.3, -0.25) is 19.1 Å². The molecule has 3 rings (SSSR count). The third-order valence-corrected chi connectivity index (χ3v) is 5.48. The number of nitrogens with zero attached hydrogens (tertiary/aromatic N) is 3. The van der Waals surface area contributed by atoms with Crippen molar-refractivity contribution in [3.63, 3.8) is 0 Å². The number of benzene rings is 1. The molecule has 158 valence electrons. The Bertz CT molecular complexity index is 887. The minimum Gasteiger partial charge on any atom is -0.379 e. The second-order valence-corrected chi connectivity index (χ2v) is 8.20. The van der Waals surface area contributed by atoms with Crippen molar-refractivity contribution in [2.45, 2.75) is 46.2 Å². The molecule has 1 aliphatic rings. The molecule has 1 aromatic heterocycles. The number of rotatable bonds is 8. The molecule has 2 heterocycles. The van der Waals surface area contributed by atoms with Gasteiger partial charge in [-0.2, -0.15) is 0 Å². The highest BCUT2D eigenvalue weighted by Crippen LogP contribution is 2.13. The molecule has 7 nitrogen and oxygen atoms in total. The first kappa shape index (κ1) is 21.5. The van der Waals surface area contributed by atoms with Crippen LogP contribution in [0.5, 0.6) is 0 Å². The highest BCUT2D eigenvalue weighted by atomic mass is 16.5. The van der Waals surface area contributed by atoms with Gasteiger partial charge in [0.05, 0.1) is 30.4 Å². The molecule has 1 fully saturated rings. The summed E-state index contributed by atoms with van der Waals surface area (Å²) in [5.41, 5.74) is 1.60. The number of nitrogens with one attached hydrogen (secondary N) is 1. The highest BCUT2D eigenvalue weighted by Gasteiger charge is 2.22. The lowest BCUT2D eigenvalue weighted by molar-refractivity contribution is -0.121. The van der Waals surface area contributed by atoms with E-state index in [0.29, 0.717) is 30.4 Å². The molecule has 1 aromatic carbocycles. The average molecular weight is 401 g/mol. The summed E-state index contributed by atoms with van der Waals surface area (Å²) in [4.78, 5) is 31.9. The van der Waals surface area contributed by atoms with E-state index >= 15 is 0 Å². The van der Waals surface area contributed by atoms with Gasteiger partial charge in [0, 0.05) is 38.6 Å². The van der Waals surface area contributed by atoms with Gasteiger partial charge < -0.3 is 10.1 Å². The normalized spacial score (nSPS) is 16.3. The Balaban J connectivity index is 1.57. The van der Waals surface area contributed by atoms with Crippen LogP contribution in [0.15, 0.2) is 29.3 Å². The standard InChI is InChI=1S/C22H32N4O3/c1-16(2)13-18(25-9-11-29-12-10-25)14-23-20(27)7-8-26-15-24-21-17(3)5-4-6-19(21)22(26)28/h4-6,15-16,18H,7-14H2,1-3H3,(H,23,27). The van der Waals surface area contributed by atoms with Crippen LogP contribution in [-0.4, -0.2) is 59.2 Å². The molecular formula is C22H32N4O3. The minimum absolute atomic E-state index is 0.0387. The minimum atomic E-state index is -0.0995. The lowest BCUT2D eigenvalue weighted by Gasteiger charge is -2.35. The predicted octanol–water partition coefficient (Wildman–Crippen LogP) is 1.96. The van der Waals surface area contributed by atoms with Crippen LogP contribution in [0.3, 0.4) is 0 Å². The van der Waals surface area contributed by atoms with E-state index in [1.54, 1.807) is 12.4 Å². The van der Waals surface area contributed by atoms with Crippen LogP contribution in [-0.2, 0) is 16.1 Å². The molecule has 29 heavy (non-hydrogen) atoms. The van der Waals surface area contributed by atoms with E-state index < -0.39 is 0 Å². The molecule has 2 aromatic rings. The van der Waals surface area contributed by atoms with Crippen LogP contribution >= 0.6 is 0 Å². The smallest absolute Gasteiger partial charge is 0.261 e. The van der Waals surface area contributed by atoms with Crippen LogP contribution in [0.2, 0.25) is 0 Å². The van der Waals surface area contributed by atoms with Gasteiger partial charge in [-0.1, -0.05) is 26.0 Å². The first-order valence-corrected chi connectivity index (χ1v) is 10.5. The van der Waals surface area contributed by atoms with E-state index in [2.05, 4.69) is 29.0 Å². The zero-order valence-corrected chi connectivity index (χ0v) is 17.7. The van der Waals surface area contributed by atoms with E-state index in [0.717, 1.165) is 43.8 Å². The molecule has 1 amide bonds. The van der Waals surface area contributed by atoms with Crippen molar-refractivity contribution < 1.29 is 9.53 Å². The van der Waals surface area contributed by atoms with Crippen molar-refractivity contribution >= 4 is 16.8 Å². The quantitative estimate of drug-likeness (QED) is 0.733. The molecule has 1 unspecified atom stereocenters. The fraction of sp³-hybridized carbons (Fsp3) is 0.591. The van der Waals surface area contributed by atoms with Gasteiger partial charge in [-0.25, -0.2) is 4.98 Å². The lowest BCUT2D eigenvalue weighted by Crippen LogP contribution is -2.49. The third-order valence-electron chi connectivity index (χ3n) is 5.48. The maximum absolute atomic E-state index is 12.7. The molecule has 7 heteroatoms. The van der Waals surface area contributed by atoms with Gasteiger partial charge in [0.1, 0.15) is 0 Å². The number of hydrogen-bond acceptors (Lipinski definition) is 5. The summed E-state index contributed by atoms with van der Waals surface area (Å²) in [6, 6.07) is 5.90. The Labute approximate surface area is 172 Å². The van der Waals surface area contributed by atoms with Gasteiger partial charge in [-0.05, 0) is 30.9 Å². The zero-order chi connectivity index (χ0) is 20.8. The summed E-state index contributed by atoms with van der Waals surface area (Å²) >= 11 is 0. The SMILES string of the molecule is Cc1cccc2c(=O)n(CCC(=O)NCC(CC(C)C)N3CCOCC3)cnc12. The Morgan fingerprint density at radius 1 is 1.28 bits per heavy atom. The number of carbonyl (C=O) groups excluding carboxylic acids is 1. The molecular weight excluding hydrogens is 368 g/mol. The van der Waals surface area contributed by atoms with E-state index in [4.69, 9.17) is 4.74 Å². The second-order valence-electron chi connectivity index (χ2n) is 8.20. The van der Waals surface area contributed by atoms with E-state index in [9.17, 15) is 9.59 Å². The number of para-hydroxylation sites is 1. The number of hydrogen-bond donors (Lipinski definition) is 1. The number of carbonyl (C=O) groups is 1. The Morgan fingerprint density at radius 2 is 2.03 bits per heavy atom. The van der Waals surface area contributed by atoms with Crippen LogP contribution in [0.1, 0.15) is 32.3 Å². The summed E-state index contributed by atoms with van der Waals surface area (Å²) < 4.78 is 6.97. The zero-order valence-electron chi connectivity index (χ0n) is 17.7. The van der Waals surface area contributed by atoms with Crippen molar-refractivity contribution in [1.82, 2.24) is 19.8 Å². The average Bonchev–Trinajstić information content (AvgIpc) is 2.71. The highest BCUT2D eigenvalue weighted by molar-refractivity contribution is 5.80. The van der Waals surface area contributed by atoms with E-state index in [-0.39, 0.29) is 17.9 Å². The van der Waals surface area contributed by atoms with Gasteiger partial charge >= 0.3 is 0 Å². The van der Waals surface area contributed by atoms with Crippen molar-refractivity contribution in [2.75, 3.05) is 32.8 Å². The fourth-order valence-electron chi connectivity index (χ4n) is 3.89. The Hall–Kier alpha value is -2.25. The summed E-state index contributed by atoms with van der Waals surface area (Å²) in [7, 11) is 0. The maximum atomic E-state index is 12.7. The van der Waals surface area contributed by atoms with Gasteiger partial charge in [0.2, 0.25) is 5.91 Å². The number of aromatic nitrogens is 2. The molecule has 1 N–H and O–H groups in total. The molecule has 1 aliphatic heterocycles. The number of aryl methyl sites for hydroxylation is 2. The van der Waals surface area contributed by atoms with Crippen LogP contribution in [0.25, 0.3) is 10.9 Å². The molecule has 0 radical (unpaired) electrons. The number of ether oxygens (including phenoxy) is 1. The summed E-state index contributed by atoms with van der Waals surface area (Å²) in [6.07, 6.45) is 2.84. The lowest BCUT2D eigenvalue weighted by atomic mass is 10.0. The van der Waals surface area contributed by atoms with Gasteiger partial charge in [-0.15, -0.1) is 0 Å². The van der Waals surface area contributed by atoms with Crippen molar-refractivity contribution in [2.24, 2.45) is 5.92 Å². The summed E-state index contributed by atoms with van der Waals surface area (Å²) in [6.45, 7) is 10.6. The molecule has 0 saturated carbocycles. The number of morpholine rings is 1. The molecule has 0 spiro atoms.